The van der Waals surface area contributed by atoms with Crippen LogP contribution in [0.2, 0.25) is 0 Å². The van der Waals surface area contributed by atoms with E-state index in [9.17, 15) is 9.18 Å². The van der Waals surface area contributed by atoms with Crippen LogP contribution in [0.4, 0.5) is 4.39 Å². The summed E-state index contributed by atoms with van der Waals surface area (Å²) in [5.74, 6) is -0.192. The molecule has 0 bridgehead atoms. The van der Waals surface area contributed by atoms with Crippen molar-refractivity contribution in [3.63, 3.8) is 0 Å². The normalized spacial score (nSPS) is 24.6. The molecule has 0 aromatic heterocycles. The molecule has 1 heterocycles. The van der Waals surface area contributed by atoms with Crippen molar-refractivity contribution >= 4 is 11.7 Å². The highest BCUT2D eigenvalue weighted by Gasteiger charge is 2.40. The molecule has 0 fully saturated rings. The maximum atomic E-state index is 13.0. The highest BCUT2D eigenvalue weighted by Crippen LogP contribution is 2.41. The average molecular weight is 261 g/mol. The van der Waals surface area contributed by atoms with E-state index in [4.69, 9.17) is 9.94 Å². The number of carbonyl (C=O) groups is 1. The SMILES string of the molecule is O=C1CCCC2=C1C(c1ccc(F)cc1)/C(=N\O)O2. The van der Waals surface area contributed by atoms with Gasteiger partial charge in [0.15, 0.2) is 5.78 Å². The first-order chi connectivity index (χ1) is 9.20. The van der Waals surface area contributed by atoms with Crippen LogP contribution in [0.5, 0.6) is 0 Å². The summed E-state index contributed by atoms with van der Waals surface area (Å²) in [4.78, 5) is 12.0. The lowest BCUT2D eigenvalue weighted by atomic mass is 9.84. The lowest BCUT2D eigenvalue weighted by Crippen LogP contribution is -2.16. The molecule has 0 amide bonds. The number of oxime groups is 1. The molecule has 1 atom stereocenters. The molecule has 0 saturated carbocycles. The van der Waals surface area contributed by atoms with Gasteiger partial charge in [-0.3, -0.25) is 4.79 Å². The summed E-state index contributed by atoms with van der Waals surface area (Å²) >= 11 is 0. The second-order valence-corrected chi connectivity index (χ2v) is 4.64. The van der Waals surface area contributed by atoms with Gasteiger partial charge in [-0.25, -0.2) is 4.39 Å². The number of hydrogen-bond acceptors (Lipinski definition) is 4. The molecule has 1 aromatic carbocycles. The average Bonchev–Trinajstić information content (AvgIpc) is 2.80. The monoisotopic (exact) mass is 261 g/mol. The minimum absolute atomic E-state index is 0.00854. The Morgan fingerprint density at radius 1 is 1.26 bits per heavy atom. The van der Waals surface area contributed by atoms with Crippen LogP contribution in [0.1, 0.15) is 30.7 Å². The van der Waals surface area contributed by atoms with Crippen LogP contribution in [0.15, 0.2) is 40.8 Å². The third-order valence-electron chi connectivity index (χ3n) is 3.47. The number of nitrogens with zero attached hydrogens (tertiary/aromatic N) is 1. The minimum Gasteiger partial charge on any atom is -0.443 e. The second kappa shape index (κ2) is 4.50. The van der Waals surface area contributed by atoms with Crippen molar-refractivity contribution in [1.82, 2.24) is 0 Å². The van der Waals surface area contributed by atoms with Crippen molar-refractivity contribution in [2.24, 2.45) is 5.16 Å². The van der Waals surface area contributed by atoms with Gasteiger partial charge in [-0.1, -0.05) is 17.3 Å². The third kappa shape index (κ3) is 1.91. The molecule has 3 rings (SSSR count). The molecule has 0 saturated heterocycles. The van der Waals surface area contributed by atoms with Gasteiger partial charge in [0, 0.05) is 12.8 Å². The van der Waals surface area contributed by atoms with E-state index in [1.165, 1.54) is 12.1 Å². The van der Waals surface area contributed by atoms with Crippen LogP contribution in [0.25, 0.3) is 0 Å². The fourth-order valence-corrected chi connectivity index (χ4v) is 2.61. The van der Waals surface area contributed by atoms with E-state index in [0.29, 0.717) is 29.7 Å². The van der Waals surface area contributed by atoms with E-state index in [2.05, 4.69) is 5.16 Å². The Hall–Kier alpha value is -2.17. The number of benzene rings is 1. The summed E-state index contributed by atoms with van der Waals surface area (Å²) in [7, 11) is 0. The Balaban J connectivity index is 2.08. The van der Waals surface area contributed by atoms with Gasteiger partial charge in [-0.2, -0.15) is 0 Å². The van der Waals surface area contributed by atoms with Crippen LogP contribution in [0, 0.1) is 5.82 Å². The maximum Gasteiger partial charge on any atom is 0.242 e. The predicted molar refractivity (Wildman–Crippen MR) is 65.3 cm³/mol. The van der Waals surface area contributed by atoms with Gasteiger partial charge < -0.3 is 9.94 Å². The second-order valence-electron chi connectivity index (χ2n) is 4.64. The Morgan fingerprint density at radius 3 is 2.68 bits per heavy atom. The van der Waals surface area contributed by atoms with E-state index >= 15 is 0 Å². The van der Waals surface area contributed by atoms with Gasteiger partial charge in [0.1, 0.15) is 11.6 Å². The van der Waals surface area contributed by atoms with Crippen LogP contribution in [0.3, 0.4) is 0 Å². The number of ketones is 1. The largest absolute Gasteiger partial charge is 0.443 e. The Bertz CT molecular complexity index is 589. The lowest BCUT2D eigenvalue weighted by molar-refractivity contribution is -0.116. The van der Waals surface area contributed by atoms with Crippen LogP contribution >= 0.6 is 0 Å². The Morgan fingerprint density at radius 2 is 2.00 bits per heavy atom. The van der Waals surface area contributed by atoms with Crippen molar-refractivity contribution in [1.29, 1.82) is 0 Å². The maximum absolute atomic E-state index is 13.0. The van der Waals surface area contributed by atoms with Crippen LogP contribution in [-0.2, 0) is 9.53 Å². The van der Waals surface area contributed by atoms with E-state index in [1.807, 2.05) is 0 Å². The zero-order valence-electron chi connectivity index (χ0n) is 10.1. The Kier molecular flexibility index (Phi) is 2.81. The first-order valence-corrected chi connectivity index (χ1v) is 6.12. The van der Waals surface area contributed by atoms with Crippen molar-refractivity contribution in [2.75, 3.05) is 0 Å². The fraction of sp³-hybridized carbons (Fsp3) is 0.286. The standard InChI is InChI=1S/C14H12FNO3/c15-9-6-4-8(5-7-9)12-13-10(17)2-1-3-11(13)19-14(12)16-18/h4-7,12,18H,1-3H2/b16-14+. The summed E-state index contributed by atoms with van der Waals surface area (Å²) in [6.07, 6.45) is 1.88. The molecular weight excluding hydrogens is 249 g/mol. The van der Waals surface area contributed by atoms with E-state index in [1.54, 1.807) is 12.1 Å². The quantitative estimate of drug-likeness (QED) is 0.624. The molecule has 4 nitrogen and oxygen atoms in total. The minimum atomic E-state index is -0.520. The Labute approximate surface area is 109 Å². The highest BCUT2D eigenvalue weighted by molar-refractivity contribution is 6.07. The molecule has 19 heavy (non-hydrogen) atoms. The fourth-order valence-electron chi connectivity index (χ4n) is 2.61. The molecule has 1 aliphatic carbocycles. The van der Waals surface area contributed by atoms with E-state index in [0.717, 1.165) is 6.42 Å². The van der Waals surface area contributed by atoms with Crippen molar-refractivity contribution in [3.8, 4) is 0 Å². The highest BCUT2D eigenvalue weighted by atomic mass is 19.1. The summed E-state index contributed by atoms with van der Waals surface area (Å²) in [6, 6.07) is 5.78. The summed E-state index contributed by atoms with van der Waals surface area (Å²) < 4.78 is 18.4. The van der Waals surface area contributed by atoms with E-state index in [-0.39, 0.29) is 17.5 Å². The molecule has 98 valence electrons. The molecule has 1 aromatic rings. The smallest absolute Gasteiger partial charge is 0.242 e. The number of halogens is 1. The first-order valence-electron chi connectivity index (χ1n) is 6.12. The topological polar surface area (TPSA) is 58.9 Å². The van der Waals surface area contributed by atoms with Gasteiger partial charge in [0.25, 0.3) is 0 Å². The molecular formula is C14H12FNO3. The molecule has 5 heteroatoms. The van der Waals surface area contributed by atoms with Crippen LogP contribution < -0.4 is 0 Å². The van der Waals surface area contributed by atoms with Crippen LogP contribution in [-0.4, -0.2) is 16.9 Å². The van der Waals surface area contributed by atoms with Gasteiger partial charge in [-0.05, 0) is 24.1 Å². The first kappa shape index (κ1) is 11.9. The summed E-state index contributed by atoms with van der Waals surface area (Å²) in [5, 5.41) is 12.2. The number of hydrogen-bond donors (Lipinski definition) is 1. The number of Topliss-reactive ketones (excluding diaryl/α,β-unsaturated/α-hetero) is 1. The number of carbonyl (C=O) groups excluding carboxylic acids is 1. The zero-order valence-corrected chi connectivity index (χ0v) is 10.1. The molecule has 0 radical (unpaired) electrons. The lowest BCUT2D eigenvalue weighted by Gasteiger charge is -2.14. The van der Waals surface area contributed by atoms with Gasteiger partial charge in [-0.15, -0.1) is 0 Å². The predicted octanol–water partition coefficient (Wildman–Crippen LogP) is 2.73. The molecule has 2 aliphatic rings. The van der Waals surface area contributed by atoms with Crippen molar-refractivity contribution < 1.29 is 19.1 Å². The van der Waals surface area contributed by atoms with Gasteiger partial charge in [0.05, 0.1) is 11.5 Å². The zero-order chi connectivity index (χ0) is 13.4. The summed E-state index contributed by atoms with van der Waals surface area (Å²) in [6.45, 7) is 0. The van der Waals surface area contributed by atoms with Gasteiger partial charge >= 0.3 is 0 Å². The molecule has 1 aliphatic heterocycles. The molecule has 1 N–H and O–H groups in total. The number of rotatable bonds is 1. The van der Waals surface area contributed by atoms with E-state index < -0.39 is 5.92 Å². The third-order valence-corrected chi connectivity index (χ3v) is 3.47. The summed E-state index contributed by atoms with van der Waals surface area (Å²) in [5.41, 5.74) is 1.24. The van der Waals surface area contributed by atoms with Gasteiger partial charge in [0.2, 0.25) is 5.90 Å². The van der Waals surface area contributed by atoms with Crippen molar-refractivity contribution in [2.45, 2.75) is 25.2 Å². The molecule has 1 unspecified atom stereocenters. The van der Waals surface area contributed by atoms with Crippen molar-refractivity contribution in [3.05, 3.63) is 47.0 Å². The number of allylic oxidation sites excluding steroid dienone is 1. The number of ether oxygens (including phenoxy) is 1. The molecule has 0 spiro atoms.